The van der Waals surface area contributed by atoms with Crippen molar-refractivity contribution in [2.45, 2.75) is 23.8 Å². The van der Waals surface area contributed by atoms with Crippen LogP contribution in [0.5, 0.6) is 5.75 Å². The monoisotopic (exact) mass is 294 g/mol. The van der Waals surface area contributed by atoms with Gasteiger partial charge in [0.1, 0.15) is 5.75 Å². The van der Waals surface area contributed by atoms with Gasteiger partial charge in [-0.05, 0) is 44.6 Å². The number of carbonyl (C=O) groups is 1. The highest BCUT2D eigenvalue weighted by Gasteiger charge is 2.18. The normalized spacial score (nSPS) is 19.6. The lowest BCUT2D eigenvalue weighted by Crippen LogP contribution is -2.46. The Morgan fingerprint density at radius 2 is 2.40 bits per heavy atom. The molecule has 1 saturated heterocycles. The minimum absolute atomic E-state index is 0.109. The molecule has 1 aliphatic rings. The van der Waals surface area contributed by atoms with Crippen LogP contribution in [0.1, 0.15) is 12.8 Å². The summed E-state index contributed by atoms with van der Waals surface area (Å²) in [6, 6.07) is 8.09. The molecule has 1 aromatic carbocycles. The molecule has 1 N–H and O–H groups in total. The van der Waals surface area contributed by atoms with Gasteiger partial charge >= 0.3 is 0 Å². The number of likely N-dealkylation sites (N-methyl/N-ethyl adjacent to an activating group) is 1. The largest absolute Gasteiger partial charge is 0.497 e. The van der Waals surface area contributed by atoms with Crippen LogP contribution in [0.25, 0.3) is 0 Å². The molecule has 0 spiro atoms. The molecule has 1 aromatic rings. The summed E-state index contributed by atoms with van der Waals surface area (Å²) in [4.78, 5) is 15.3. The van der Waals surface area contributed by atoms with E-state index in [1.54, 1.807) is 18.9 Å². The molecule has 5 heteroatoms. The van der Waals surface area contributed by atoms with Crippen LogP contribution in [0.2, 0.25) is 0 Å². The van der Waals surface area contributed by atoms with Crippen molar-refractivity contribution in [2.24, 2.45) is 0 Å². The lowest BCUT2D eigenvalue weighted by Gasteiger charge is -2.30. The second-order valence-electron chi connectivity index (χ2n) is 5.14. The van der Waals surface area contributed by atoms with Crippen LogP contribution in [0.15, 0.2) is 29.2 Å². The van der Waals surface area contributed by atoms with Crippen LogP contribution in [-0.2, 0) is 4.79 Å². The zero-order chi connectivity index (χ0) is 14.4. The molecular formula is C15H22N2O2S. The molecule has 1 amide bonds. The predicted molar refractivity (Wildman–Crippen MR) is 82.4 cm³/mol. The molecule has 0 radical (unpaired) electrons. The maximum Gasteiger partial charge on any atom is 0.230 e. The van der Waals surface area contributed by atoms with Crippen molar-refractivity contribution < 1.29 is 9.53 Å². The number of rotatable bonds is 5. The zero-order valence-corrected chi connectivity index (χ0v) is 12.9. The van der Waals surface area contributed by atoms with Gasteiger partial charge in [-0.3, -0.25) is 4.79 Å². The van der Waals surface area contributed by atoms with E-state index in [4.69, 9.17) is 4.74 Å². The van der Waals surface area contributed by atoms with Crippen LogP contribution in [-0.4, -0.2) is 49.8 Å². The molecule has 0 aliphatic carbocycles. The van der Waals surface area contributed by atoms with Crippen molar-refractivity contribution in [1.29, 1.82) is 0 Å². The number of benzene rings is 1. The van der Waals surface area contributed by atoms with Gasteiger partial charge in [0, 0.05) is 17.5 Å². The molecule has 0 saturated carbocycles. The number of methoxy groups -OCH3 is 1. The Bertz CT molecular complexity index is 453. The van der Waals surface area contributed by atoms with E-state index < -0.39 is 0 Å². The molecule has 0 bridgehead atoms. The Hall–Kier alpha value is -1.20. The van der Waals surface area contributed by atoms with Crippen LogP contribution in [0.3, 0.4) is 0 Å². The molecule has 0 aromatic heterocycles. The second-order valence-corrected chi connectivity index (χ2v) is 6.19. The van der Waals surface area contributed by atoms with Gasteiger partial charge in [0.05, 0.1) is 12.9 Å². The van der Waals surface area contributed by atoms with Crippen molar-refractivity contribution >= 4 is 17.7 Å². The van der Waals surface area contributed by atoms with Gasteiger partial charge in [-0.15, -0.1) is 11.8 Å². The Morgan fingerprint density at radius 1 is 1.55 bits per heavy atom. The number of nitrogens with zero attached hydrogens (tertiary/aromatic N) is 1. The molecule has 20 heavy (non-hydrogen) atoms. The number of hydrogen-bond acceptors (Lipinski definition) is 4. The van der Waals surface area contributed by atoms with Crippen LogP contribution >= 0.6 is 11.8 Å². The topological polar surface area (TPSA) is 41.6 Å². The lowest BCUT2D eigenvalue weighted by molar-refractivity contribution is -0.119. The SMILES string of the molecule is COc1cccc(SCC(=O)N[C@@H]2CCCN(C)C2)c1. The minimum atomic E-state index is 0.109. The maximum atomic E-state index is 12.0. The highest BCUT2D eigenvalue weighted by Crippen LogP contribution is 2.22. The highest BCUT2D eigenvalue weighted by atomic mass is 32.2. The average Bonchev–Trinajstić information content (AvgIpc) is 2.45. The predicted octanol–water partition coefficient (Wildman–Crippen LogP) is 2.00. The molecule has 4 nitrogen and oxygen atoms in total. The number of carbonyl (C=O) groups excluding carboxylic acids is 1. The first-order valence-corrected chi connectivity index (χ1v) is 7.90. The first-order chi connectivity index (χ1) is 9.67. The quantitative estimate of drug-likeness (QED) is 0.843. The van der Waals surface area contributed by atoms with E-state index in [-0.39, 0.29) is 5.91 Å². The van der Waals surface area contributed by atoms with Gasteiger partial charge in [-0.1, -0.05) is 6.07 Å². The Balaban J connectivity index is 1.76. The van der Waals surface area contributed by atoms with E-state index in [2.05, 4.69) is 17.3 Å². The molecule has 110 valence electrons. The fourth-order valence-corrected chi connectivity index (χ4v) is 3.15. The number of likely N-dealkylation sites (tertiary alicyclic amines) is 1. The summed E-state index contributed by atoms with van der Waals surface area (Å²) in [6.45, 7) is 2.08. The van der Waals surface area contributed by atoms with E-state index in [0.29, 0.717) is 11.8 Å². The van der Waals surface area contributed by atoms with Gasteiger partial charge < -0.3 is 15.0 Å². The summed E-state index contributed by atoms with van der Waals surface area (Å²) in [6.07, 6.45) is 2.24. The van der Waals surface area contributed by atoms with Gasteiger partial charge in [-0.25, -0.2) is 0 Å². The molecule has 1 aliphatic heterocycles. The number of amides is 1. The molecular weight excluding hydrogens is 272 g/mol. The van der Waals surface area contributed by atoms with Crippen LogP contribution < -0.4 is 10.1 Å². The van der Waals surface area contributed by atoms with E-state index in [9.17, 15) is 4.79 Å². The van der Waals surface area contributed by atoms with Gasteiger partial charge in [0.2, 0.25) is 5.91 Å². The van der Waals surface area contributed by atoms with Crippen molar-refractivity contribution in [3.05, 3.63) is 24.3 Å². The van der Waals surface area contributed by atoms with Crippen LogP contribution in [0, 0.1) is 0 Å². The molecule has 1 atom stereocenters. The van der Waals surface area contributed by atoms with Crippen molar-refractivity contribution in [3.8, 4) is 5.75 Å². The smallest absolute Gasteiger partial charge is 0.230 e. The Labute approximate surface area is 124 Å². The van der Waals surface area contributed by atoms with Crippen molar-refractivity contribution in [3.63, 3.8) is 0 Å². The number of piperidine rings is 1. The first-order valence-electron chi connectivity index (χ1n) is 6.92. The Kier molecular flexibility index (Phi) is 5.73. The third kappa shape index (κ3) is 4.72. The summed E-state index contributed by atoms with van der Waals surface area (Å²) >= 11 is 1.54. The zero-order valence-electron chi connectivity index (χ0n) is 12.1. The second kappa shape index (κ2) is 7.55. The molecule has 1 heterocycles. The van der Waals surface area contributed by atoms with E-state index in [0.717, 1.165) is 36.6 Å². The lowest BCUT2D eigenvalue weighted by atomic mass is 10.1. The van der Waals surface area contributed by atoms with E-state index in [1.165, 1.54) is 0 Å². The number of thioether (sulfide) groups is 1. The molecule has 1 fully saturated rings. The third-order valence-electron chi connectivity index (χ3n) is 3.40. The van der Waals surface area contributed by atoms with E-state index >= 15 is 0 Å². The standard InChI is InChI=1S/C15H22N2O2S/c1-17-8-4-5-12(10-17)16-15(18)11-20-14-7-3-6-13(9-14)19-2/h3,6-7,9,12H,4-5,8,10-11H2,1-2H3,(H,16,18)/t12-/m1/s1. The number of nitrogens with one attached hydrogen (secondary N) is 1. The maximum absolute atomic E-state index is 12.0. The van der Waals surface area contributed by atoms with Crippen LogP contribution in [0.4, 0.5) is 0 Å². The minimum Gasteiger partial charge on any atom is -0.497 e. The first kappa shape index (κ1) is 15.2. The summed E-state index contributed by atoms with van der Waals surface area (Å²) in [5, 5.41) is 3.12. The number of hydrogen-bond donors (Lipinski definition) is 1. The summed E-state index contributed by atoms with van der Waals surface area (Å²) in [5.41, 5.74) is 0. The highest BCUT2D eigenvalue weighted by molar-refractivity contribution is 8.00. The summed E-state index contributed by atoms with van der Waals surface area (Å²) in [7, 11) is 3.75. The fraction of sp³-hybridized carbons (Fsp3) is 0.533. The molecule has 2 rings (SSSR count). The summed E-state index contributed by atoms with van der Waals surface area (Å²) < 4.78 is 5.18. The van der Waals surface area contributed by atoms with Gasteiger partial charge in [0.25, 0.3) is 0 Å². The molecule has 0 unspecified atom stereocenters. The van der Waals surface area contributed by atoms with Crippen molar-refractivity contribution in [1.82, 2.24) is 10.2 Å². The van der Waals surface area contributed by atoms with Gasteiger partial charge in [0.15, 0.2) is 0 Å². The summed E-state index contributed by atoms with van der Waals surface area (Å²) in [5.74, 6) is 1.38. The third-order valence-corrected chi connectivity index (χ3v) is 4.39. The average molecular weight is 294 g/mol. The van der Waals surface area contributed by atoms with Crippen molar-refractivity contribution in [2.75, 3.05) is 33.0 Å². The number of ether oxygens (including phenoxy) is 1. The van der Waals surface area contributed by atoms with Gasteiger partial charge in [-0.2, -0.15) is 0 Å². The van der Waals surface area contributed by atoms with E-state index in [1.807, 2.05) is 24.3 Å². The fourth-order valence-electron chi connectivity index (χ4n) is 2.39. The Morgan fingerprint density at radius 3 is 3.15 bits per heavy atom.